The second kappa shape index (κ2) is 6.55. The highest BCUT2D eigenvalue weighted by atomic mass is 32.1. The standard InChI is InChI=1S/C11H19N5OS/c1-17-8-2-13-10(12)15-4-6-16(7-5-15)11-14-3-9-18-11/h3,9H,2,4-8H2,1H3,(H2,12,13). The average Bonchev–Trinajstić information content (AvgIpc) is 2.93. The molecule has 1 fully saturated rings. The smallest absolute Gasteiger partial charge is 0.191 e. The van der Waals surface area contributed by atoms with Crippen molar-refractivity contribution in [2.24, 2.45) is 10.7 Å². The van der Waals surface area contributed by atoms with Crippen LogP contribution in [0.2, 0.25) is 0 Å². The highest BCUT2D eigenvalue weighted by molar-refractivity contribution is 7.13. The van der Waals surface area contributed by atoms with Gasteiger partial charge < -0.3 is 20.3 Å². The number of guanidine groups is 1. The van der Waals surface area contributed by atoms with E-state index in [0.29, 0.717) is 19.1 Å². The molecule has 7 heteroatoms. The maximum absolute atomic E-state index is 5.94. The van der Waals surface area contributed by atoms with Gasteiger partial charge in [-0.05, 0) is 0 Å². The highest BCUT2D eigenvalue weighted by Crippen LogP contribution is 2.18. The number of aliphatic imine (C=N–C) groups is 1. The molecule has 0 unspecified atom stereocenters. The minimum Gasteiger partial charge on any atom is -0.383 e. The van der Waals surface area contributed by atoms with Crippen LogP contribution in [0.4, 0.5) is 5.13 Å². The molecule has 0 amide bonds. The topological polar surface area (TPSA) is 67.0 Å². The van der Waals surface area contributed by atoms with Gasteiger partial charge in [-0.2, -0.15) is 0 Å². The largest absolute Gasteiger partial charge is 0.383 e. The SMILES string of the molecule is COCCN=C(N)N1CCN(c2nccs2)CC1. The van der Waals surface area contributed by atoms with Crippen LogP contribution in [0.15, 0.2) is 16.6 Å². The van der Waals surface area contributed by atoms with Crippen molar-refractivity contribution in [2.75, 3.05) is 51.3 Å². The van der Waals surface area contributed by atoms with Crippen LogP contribution in [0.25, 0.3) is 0 Å². The van der Waals surface area contributed by atoms with Gasteiger partial charge in [0.25, 0.3) is 0 Å². The molecule has 0 spiro atoms. The van der Waals surface area contributed by atoms with E-state index in [1.54, 1.807) is 18.4 Å². The van der Waals surface area contributed by atoms with Crippen LogP contribution in [0.1, 0.15) is 0 Å². The van der Waals surface area contributed by atoms with Gasteiger partial charge in [-0.25, -0.2) is 4.98 Å². The zero-order chi connectivity index (χ0) is 12.8. The van der Waals surface area contributed by atoms with Crippen LogP contribution < -0.4 is 10.6 Å². The van der Waals surface area contributed by atoms with Gasteiger partial charge in [0.2, 0.25) is 0 Å². The van der Waals surface area contributed by atoms with Crippen LogP contribution in [-0.2, 0) is 4.74 Å². The summed E-state index contributed by atoms with van der Waals surface area (Å²) in [6, 6.07) is 0. The monoisotopic (exact) mass is 269 g/mol. The third-order valence-corrected chi connectivity index (χ3v) is 3.69. The number of hydrogen-bond acceptors (Lipinski definition) is 5. The summed E-state index contributed by atoms with van der Waals surface area (Å²) < 4.78 is 4.95. The van der Waals surface area contributed by atoms with Crippen molar-refractivity contribution >= 4 is 22.4 Å². The Labute approximate surface area is 111 Å². The van der Waals surface area contributed by atoms with E-state index in [4.69, 9.17) is 10.5 Å². The van der Waals surface area contributed by atoms with Crippen LogP contribution in [0.3, 0.4) is 0 Å². The molecule has 0 atom stereocenters. The zero-order valence-corrected chi connectivity index (χ0v) is 11.4. The van der Waals surface area contributed by atoms with Gasteiger partial charge in [-0.15, -0.1) is 11.3 Å². The summed E-state index contributed by atoms with van der Waals surface area (Å²) in [6.07, 6.45) is 1.84. The molecule has 0 saturated carbocycles. The summed E-state index contributed by atoms with van der Waals surface area (Å²) in [5.41, 5.74) is 5.94. The number of piperazine rings is 1. The Hall–Kier alpha value is -1.34. The minimum absolute atomic E-state index is 0.611. The molecule has 1 aliphatic rings. The molecule has 1 aromatic heterocycles. The molecule has 0 radical (unpaired) electrons. The summed E-state index contributed by atoms with van der Waals surface area (Å²) in [7, 11) is 1.67. The van der Waals surface area contributed by atoms with E-state index in [-0.39, 0.29) is 0 Å². The molecule has 1 aromatic rings. The lowest BCUT2D eigenvalue weighted by molar-refractivity contribution is 0.207. The number of hydrogen-bond donors (Lipinski definition) is 1. The Balaban J connectivity index is 1.81. The van der Waals surface area contributed by atoms with Gasteiger partial charge in [0.1, 0.15) is 0 Å². The Morgan fingerprint density at radius 1 is 1.50 bits per heavy atom. The summed E-state index contributed by atoms with van der Waals surface area (Å²) >= 11 is 1.67. The summed E-state index contributed by atoms with van der Waals surface area (Å²) in [6.45, 7) is 4.89. The predicted octanol–water partition coefficient (Wildman–Crippen LogP) is 0.226. The number of thiazole rings is 1. The van der Waals surface area contributed by atoms with Gasteiger partial charge in [0.05, 0.1) is 13.2 Å². The van der Waals surface area contributed by atoms with Crippen molar-refractivity contribution < 1.29 is 4.74 Å². The number of aromatic nitrogens is 1. The maximum atomic E-state index is 5.94. The molecule has 100 valence electrons. The Morgan fingerprint density at radius 2 is 2.28 bits per heavy atom. The third kappa shape index (κ3) is 3.33. The van der Waals surface area contributed by atoms with Gasteiger partial charge in [0, 0.05) is 44.9 Å². The maximum Gasteiger partial charge on any atom is 0.191 e. The first kappa shape index (κ1) is 13.1. The Morgan fingerprint density at radius 3 is 2.89 bits per heavy atom. The van der Waals surface area contributed by atoms with Gasteiger partial charge >= 0.3 is 0 Å². The van der Waals surface area contributed by atoms with Crippen molar-refractivity contribution in [2.45, 2.75) is 0 Å². The summed E-state index contributed by atoms with van der Waals surface area (Å²) in [4.78, 5) is 13.0. The molecule has 18 heavy (non-hydrogen) atoms. The second-order valence-corrected chi connectivity index (χ2v) is 4.89. The first-order valence-corrected chi connectivity index (χ1v) is 6.87. The van der Waals surface area contributed by atoms with E-state index < -0.39 is 0 Å². The average molecular weight is 269 g/mol. The molecular weight excluding hydrogens is 250 g/mol. The molecule has 6 nitrogen and oxygen atoms in total. The van der Waals surface area contributed by atoms with Crippen molar-refractivity contribution in [1.82, 2.24) is 9.88 Å². The first-order valence-electron chi connectivity index (χ1n) is 5.99. The number of nitrogens with two attached hydrogens (primary N) is 1. The quantitative estimate of drug-likeness (QED) is 0.481. The van der Waals surface area contributed by atoms with E-state index in [1.807, 2.05) is 11.6 Å². The molecule has 2 heterocycles. The number of nitrogens with zero attached hydrogens (tertiary/aromatic N) is 4. The lowest BCUT2D eigenvalue weighted by atomic mass is 10.3. The van der Waals surface area contributed by atoms with Crippen LogP contribution in [0.5, 0.6) is 0 Å². The van der Waals surface area contributed by atoms with Crippen LogP contribution >= 0.6 is 11.3 Å². The van der Waals surface area contributed by atoms with Crippen LogP contribution in [0, 0.1) is 0 Å². The molecule has 0 bridgehead atoms. The fourth-order valence-electron chi connectivity index (χ4n) is 1.85. The van der Waals surface area contributed by atoms with Crippen molar-refractivity contribution in [1.29, 1.82) is 0 Å². The Bertz CT molecular complexity index is 373. The fraction of sp³-hybridized carbons (Fsp3) is 0.636. The number of ether oxygens (including phenoxy) is 1. The highest BCUT2D eigenvalue weighted by Gasteiger charge is 2.19. The van der Waals surface area contributed by atoms with E-state index in [9.17, 15) is 0 Å². The van der Waals surface area contributed by atoms with Gasteiger partial charge in [0.15, 0.2) is 11.1 Å². The molecule has 2 rings (SSSR count). The number of anilines is 1. The minimum atomic E-state index is 0.611. The number of rotatable bonds is 4. The molecule has 1 saturated heterocycles. The predicted molar refractivity (Wildman–Crippen MR) is 74.3 cm³/mol. The van der Waals surface area contributed by atoms with Crippen molar-refractivity contribution in [3.8, 4) is 0 Å². The molecule has 0 aliphatic carbocycles. The van der Waals surface area contributed by atoms with E-state index in [2.05, 4.69) is 19.8 Å². The lowest BCUT2D eigenvalue weighted by Crippen LogP contribution is -2.51. The van der Waals surface area contributed by atoms with E-state index in [1.165, 1.54) is 0 Å². The van der Waals surface area contributed by atoms with Crippen molar-refractivity contribution in [3.05, 3.63) is 11.6 Å². The molecule has 1 aliphatic heterocycles. The number of methoxy groups -OCH3 is 1. The molecule has 2 N–H and O–H groups in total. The third-order valence-electron chi connectivity index (χ3n) is 2.86. The summed E-state index contributed by atoms with van der Waals surface area (Å²) in [5, 5.41) is 3.09. The Kier molecular flexibility index (Phi) is 4.77. The van der Waals surface area contributed by atoms with E-state index in [0.717, 1.165) is 31.3 Å². The van der Waals surface area contributed by atoms with Gasteiger partial charge in [-0.3, -0.25) is 4.99 Å². The second-order valence-electron chi connectivity index (χ2n) is 4.02. The normalized spacial score (nSPS) is 17.3. The first-order chi connectivity index (χ1) is 8.81. The van der Waals surface area contributed by atoms with E-state index >= 15 is 0 Å². The van der Waals surface area contributed by atoms with Crippen LogP contribution in [-0.4, -0.2) is 62.3 Å². The van der Waals surface area contributed by atoms with Crippen molar-refractivity contribution in [3.63, 3.8) is 0 Å². The summed E-state index contributed by atoms with van der Waals surface area (Å²) in [5.74, 6) is 0.617. The van der Waals surface area contributed by atoms with Gasteiger partial charge in [-0.1, -0.05) is 0 Å². The molecule has 0 aromatic carbocycles. The zero-order valence-electron chi connectivity index (χ0n) is 10.6. The molecular formula is C11H19N5OS. The lowest BCUT2D eigenvalue weighted by Gasteiger charge is -2.35. The fourth-order valence-corrected chi connectivity index (χ4v) is 2.55.